The standard InChI is InChI=1S/C25H42N2O2/c1-23-10-3-6-21(23)20-8-7-19-18-25(28,11-4-16-27-29-17-5-15-26)14-13-24(19,2)22(20)9-12-23/h4,11,16,19-22,28H,3,5-10,12-15,17-18,26H2,1-2H3/t19-,20+,21+,22+,23+,24+,25+/m1/s1. The van der Waals surface area contributed by atoms with Gasteiger partial charge in [0.1, 0.15) is 6.61 Å². The van der Waals surface area contributed by atoms with Crippen LogP contribution < -0.4 is 5.73 Å². The number of hydrogen-bond donors (Lipinski definition) is 2. The van der Waals surface area contributed by atoms with Crippen molar-refractivity contribution >= 4 is 6.21 Å². The van der Waals surface area contributed by atoms with Crippen molar-refractivity contribution < 1.29 is 9.94 Å². The molecule has 0 bridgehead atoms. The van der Waals surface area contributed by atoms with Crippen LogP contribution in [0.1, 0.15) is 84.5 Å². The van der Waals surface area contributed by atoms with E-state index in [0.29, 0.717) is 29.9 Å². The van der Waals surface area contributed by atoms with Crippen molar-refractivity contribution in [2.24, 2.45) is 45.4 Å². The molecule has 4 nitrogen and oxygen atoms in total. The zero-order valence-electron chi connectivity index (χ0n) is 18.6. The van der Waals surface area contributed by atoms with Gasteiger partial charge >= 0.3 is 0 Å². The third kappa shape index (κ3) is 4.04. The highest BCUT2D eigenvalue weighted by Gasteiger charge is 2.58. The maximum absolute atomic E-state index is 11.2. The van der Waals surface area contributed by atoms with Crippen molar-refractivity contribution in [3.63, 3.8) is 0 Å². The Hall–Kier alpha value is -0.870. The van der Waals surface area contributed by atoms with Crippen LogP contribution in [0.4, 0.5) is 0 Å². The third-order valence-electron chi connectivity index (χ3n) is 9.61. The topological polar surface area (TPSA) is 67.8 Å². The molecular weight excluding hydrogens is 360 g/mol. The quantitative estimate of drug-likeness (QED) is 0.371. The normalized spacial score (nSPS) is 47.2. The van der Waals surface area contributed by atoms with Gasteiger partial charge in [-0.3, -0.25) is 0 Å². The summed E-state index contributed by atoms with van der Waals surface area (Å²) in [6.45, 7) is 6.32. The highest BCUT2D eigenvalue weighted by atomic mass is 16.6. The molecule has 0 aromatic heterocycles. The second-order valence-corrected chi connectivity index (χ2v) is 11.1. The summed E-state index contributed by atoms with van der Waals surface area (Å²) in [4.78, 5) is 5.16. The number of nitrogens with two attached hydrogens (primary N) is 1. The Balaban J connectivity index is 1.39. The van der Waals surface area contributed by atoms with E-state index < -0.39 is 5.60 Å². The maximum atomic E-state index is 11.2. The minimum atomic E-state index is -0.684. The molecule has 3 N–H and O–H groups in total. The van der Waals surface area contributed by atoms with Gasteiger partial charge < -0.3 is 15.7 Å². The molecule has 4 aliphatic rings. The van der Waals surface area contributed by atoms with Gasteiger partial charge in [-0.2, -0.15) is 0 Å². The summed E-state index contributed by atoms with van der Waals surface area (Å²) in [5.74, 6) is 3.44. The van der Waals surface area contributed by atoms with Crippen molar-refractivity contribution in [2.45, 2.75) is 90.1 Å². The molecule has 4 saturated carbocycles. The minimum absolute atomic E-state index is 0.423. The summed E-state index contributed by atoms with van der Waals surface area (Å²) in [6, 6.07) is 0. The largest absolute Gasteiger partial charge is 0.396 e. The van der Waals surface area contributed by atoms with Gasteiger partial charge in [0.15, 0.2) is 0 Å². The third-order valence-corrected chi connectivity index (χ3v) is 9.61. The predicted molar refractivity (Wildman–Crippen MR) is 119 cm³/mol. The Labute approximate surface area is 177 Å². The van der Waals surface area contributed by atoms with Crippen LogP contribution in [0.25, 0.3) is 0 Å². The molecular formula is C25H42N2O2. The van der Waals surface area contributed by atoms with Crippen molar-refractivity contribution in [3.8, 4) is 0 Å². The first-order valence-corrected chi connectivity index (χ1v) is 12.2. The van der Waals surface area contributed by atoms with E-state index >= 15 is 0 Å². The van der Waals surface area contributed by atoms with Crippen LogP contribution in [0.5, 0.6) is 0 Å². The summed E-state index contributed by atoms with van der Waals surface area (Å²) in [5, 5.41) is 15.2. The molecule has 4 fully saturated rings. The van der Waals surface area contributed by atoms with Crippen molar-refractivity contribution in [2.75, 3.05) is 13.2 Å². The van der Waals surface area contributed by atoms with Gasteiger partial charge in [0.2, 0.25) is 0 Å². The Kier molecular flexibility index (Phi) is 6.14. The van der Waals surface area contributed by atoms with E-state index in [1.807, 2.05) is 12.2 Å². The van der Waals surface area contributed by atoms with Gasteiger partial charge in [0.05, 0.1) is 11.8 Å². The Bertz CT molecular complexity index is 634. The first kappa shape index (κ1) is 21.4. The van der Waals surface area contributed by atoms with E-state index in [1.165, 1.54) is 44.9 Å². The molecule has 0 spiro atoms. The van der Waals surface area contributed by atoms with Gasteiger partial charge in [-0.1, -0.05) is 31.5 Å². The molecule has 7 atom stereocenters. The second-order valence-electron chi connectivity index (χ2n) is 11.1. The monoisotopic (exact) mass is 402 g/mol. The highest BCUT2D eigenvalue weighted by molar-refractivity contribution is 5.70. The van der Waals surface area contributed by atoms with Crippen LogP contribution in [-0.2, 0) is 4.84 Å². The molecule has 0 radical (unpaired) electrons. The maximum Gasteiger partial charge on any atom is 0.118 e. The second kappa shape index (κ2) is 8.34. The number of nitrogens with zero attached hydrogens (tertiary/aromatic N) is 1. The number of fused-ring (bicyclic) bond motifs is 5. The van der Waals surface area contributed by atoms with E-state index in [-0.39, 0.29) is 0 Å². The Morgan fingerprint density at radius 3 is 2.76 bits per heavy atom. The molecule has 0 unspecified atom stereocenters. The number of oxime groups is 1. The average Bonchev–Trinajstić information content (AvgIpc) is 3.10. The van der Waals surface area contributed by atoms with Gasteiger partial charge in [-0.05, 0) is 111 Å². The zero-order valence-corrected chi connectivity index (χ0v) is 18.6. The number of allylic oxidation sites excluding steroid dienone is 1. The number of hydrogen-bond acceptors (Lipinski definition) is 4. The SMILES string of the molecule is C[C@@]12CCC[C@H]1[C@@H]1CC[C@@H]3C[C@](O)(C=CC=NOCCCN)CC[C@]3(C)[C@H]1CC2. The minimum Gasteiger partial charge on any atom is -0.396 e. The van der Waals surface area contributed by atoms with E-state index in [1.54, 1.807) is 6.21 Å². The molecule has 164 valence electrons. The number of rotatable bonds is 6. The van der Waals surface area contributed by atoms with Crippen molar-refractivity contribution in [1.29, 1.82) is 0 Å². The molecule has 4 rings (SSSR count). The lowest BCUT2D eigenvalue weighted by Gasteiger charge is -2.61. The average molecular weight is 403 g/mol. The molecule has 0 aromatic rings. The van der Waals surface area contributed by atoms with Crippen LogP contribution in [0, 0.1) is 34.5 Å². The Morgan fingerprint density at radius 1 is 1.07 bits per heavy atom. The lowest BCUT2D eigenvalue weighted by atomic mass is 9.44. The Morgan fingerprint density at radius 2 is 1.93 bits per heavy atom. The predicted octanol–water partition coefficient (Wildman–Crippen LogP) is 5.06. The molecule has 29 heavy (non-hydrogen) atoms. The van der Waals surface area contributed by atoms with Gasteiger partial charge in [0, 0.05) is 0 Å². The van der Waals surface area contributed by atoms with E-state index in [0.717, 1.165) is 43.4 Å². The lowest BCUT2D eigenvalue weighted by Crippen LogP contribution is -2.55. The summed E-state index contributed by atoms with van der Waals surface area (Å²) in [6.07, 6.45) is 19.2. The smallest absolute Gasteiger partial charge is 0.118 e. The summed E-state index contributed by atoms with van der Waals surface area (Å²) >= 11 is 0. The van der Waals surface area contributed by atoms with Crippen LogP contribution in [0.3, 0.4) is 0 Å². The van der Waals surface area contributed by atoms with Crippen LogP contribution in [-0.4, -0.2) is 30.1 Å². The van der Waals surface area contributed by atoms with Crippen LogP contribution in [0.2, 0.25) is 0 Å². The van der Waals surface area contributed by atoms with Gasteiger partial charge in [-0.25, -0.2) is 0 Å². The van der Waals surface area contributed by atoms with Crippen LogP contribution >= 0.6 is 0 Å². The fraction of sp³-hybridized carbons (Fsp3) is 0.880. The van der Waals surface area contributed by atoms with Gasteiger partial charge in [0.25, 0.3) is 0 Å². The molecule has 0 aliphatic heterocycles. The van der Waals surface area contributed by atoms with Crippen LogP contribution in [0.15, 0.2) is 17.3 Å². The van der Waals surface area contributed by atoms with Gasteiger partial charge in [-0.15, -0.1) is 0 Å². The molecule has 4 aliphatic carbocycles. The van der Waals surface area contributed by atoms with E-state index in [4.69, 9.17) is 10.6 Å². The van der Waals surface area contributed by atoms with Crippen molar-refractivity contribution in [1.82, 2.24) is 0 Å². The van der Waals surface area contributed by atoms with E-state index in [9.17, 15) is 5.11 Å². The summed E-state index contributed by atoms with van der Waals surface area (Å²) < 4.78 is 0. The molecule has 4 heteroatoms. The fourth-order valence-corrected chi connectivity index (χ4v) is 7.92. The first-order valence-electron chi connectivity index (χ1n) is 12.2. The highest BCUT2D eigenvalue weighted by Crippen LogP contribution is 2.66. The molecule has 0 saturated heterocycles. The first-order chi connectivity index (χ1) is 13.9. The van der Waals surface area contributed by atoms with E-state index in [2.05, 4.69) is 19.0 Å². The van der Waals surface area contributed by atoms with Crippen molar-refractivity contribution in [3.05, 3.63) is 12.2 Å². The summed E-state index contributed by atoms with van der Waals surface area (Å²) in [5.41, 5.74) is 5.81. The number of aliphatic hydroxyl groups is 1. The lowest BCUT2D eigenvalue weighted by molar-refractivity contribution is -0.135. The zero-order chi connectivity index (χ0) is 20.5. The molecule has 0 amide bonds. The summed E-state index contributed by atoms with van der Waals surface area (Å²) in [7, 11) is 0. The molecule has 0 aromatic carbocycles. The fourth-order valence-electron chi connectivity index (χ4n) is 7.92. The molecule has 0 heterocycles.